The van der Waals surface area contributed by atoms with Crippen LogP contribution in [0.4, 0.5) is 0 Å². The second-order valence-corrected chi connectivity index (χ2v) is 7.97. The maximum absolute atomic E-state index is 10.9. The van der Waals surface area contributed by atoms with Gasteiger partial charge in [0.1, 0.15) is 36.4 Å². The minimum absolute atomic E-state index is 0.535. The molecule has 2 aromatic heterocycles. The molecule has 0 amide bonds. The van der Waals surface area contributed by atoms with Crippen molar-refractivity contribution in [1.82, 2.24) is 14.5 Å². The number of aromatic nitrogens is 3. The van der Waals surface area contributed by atoms with Gasteiger partial charge in [-0.05, 0) is 35.6 Å². The molecule has 2 aliphatic rings. The third kappa shape index (κ3) is 3.12. The van der Waals surface area contributed by atoms with Gasteiger partial charge in [-0.25, -0.2) is 9.97 Å². The summed E-state index contributed by atoms with van der Waals surface area (Å²) in [5.74, 6) is 0. The second kappa shape index (κ2) is 7.72. The number of methoxy groups -OCH3 is 1. The summed E-state index contributed by atoms with van der Waals surface area (Å²) in [6.07, 6.45) is 0.623. The Morgan fingerprint density at radius 1 is 1.17 bits per heavy atom. The van der Waals surface area contributed by atoms with Crippen molar-refractivity contribution in [2.75, 3.05) is 13.7 Å². The van der Waals surface area contributed by atoms with E-state index in [0.29, 0.717) is 24.2 Å². The Labute approximate surface area is 173 Å². The lowest BCUT2D eigenvalue weighted by molar-refractivity contribution is -0.0848. The average molecular weight is 411 g/mol. The fraction of sp³-hybridized carbons (Fsp3) is 0.455. The number of aliphatic hydroxyl groups excluding tert-OH is 3. The molecule has 1 fully saturated rings. The quantitative estimate of drug-likeness (QED) is 0.557. The van der Waals surface area contributed by atoms with Crippen LogP contribution in [0.1, 0.15) is 34.7 Å². The standard InChI is InChI=1S/C22H25N3O5/c1-29-9-7-16-15-6-8-25(21(15)24-11-23-16)22-19(28)18(27)20(30-22)17(26)14-5-3-12-2-4-13(12)10-14/h3,5-6,8,10-11,17-20,22,26-28H,2,4,7,9H2,1H3/t17-,18+,19-,20-,22-/m1/s1. The average Bonchev–Trinajstić information content (AvgIpc) is 3.29. The highest BCUT2D eigenvalue weighted by Gasteiger charge is 2.47. The summed E-state index contributed by atoms with van der Waals surface area (Å²) >= 11 is 0. The molecule has 8 heteroatoms. The molecule has 3 aromatic rings. The molecule has 5 atom stereocenters. The molecule has 0 radical (unpaired) electrons. The number of hydrogen-bond acceptors (Lipinski definition) is 7. The molecular weight excluding hydrogens is 386 g/mol. The third-order valence-corrected chi connectivity index (χ3v) is 6.23. The highest BCUT2D eigenvalue weighted by Crippen LogP contribution is 2.38. The Hall–Kier alpha value is -2.36. The SMILES string of the molecule is COCCc1ncnc2c1ccn2[C@@H]1O[C@H]([C@H](O)c2ccc3c(c2)CC3)[C@@H](O)[C@H]1O. The van der Waals surface area contributed by atoms with E-state index in [1.807, 2.05) is 24.3 Å². The number of hydrogen-bond donors (Lipinski definition) is 3. The van der Waals surface area contributed by atoms with E-state index in [9.17, 15) is 15.3 Å². The van der Waals surface area contributed by atoms with E-state index < -0.39 is 30.6 Å². The van der Waals surface area contributed by atoms with Crippen LogP contribution in [0.3, 0.4) is 0 Å². The summed E-state index contributed by atoms with van der Waals surface area (Å²) in [6, 6.07) is 7.69. The molecule has 3 N–H and O–H groups in total. The van der Waals surface area contributed by atoms with E-state index >= 15 is 0 Å². The van der Waals surface area contributed by atoms with Crippen molar-refractivity contribution < 1.29 is 24.8 Å². The van der Waals surface area contributed by atoms with Gasteiger partial charge in [-0.2, -0.15) is 0 Å². The predicted molar refractivity (Wildman–Crippen MR) is 108 cm³/mol. The molecule has 0 unspecified atom stereocenters. The lowest BCUT2D eigenvalue weighted by Gasteiger charge is -2.25. The van der Waals surface area contributed by atoms with Gasteiger partial charge in [0.05, 0.1) is 12.3 Å². The number of nitrogens with zero attached hydrogens (tertiary/aromatic N) is 3. The van der Waals surface area contributed by atoms with Crippen LogP contribution in [-0.2, 0) is 28.7 Å². The molecule has 0 spiro atoms. The van der Waals surface area contributed by atoms with Gasteiger partial charge < -0.3 is 29.4 Å². The van der Waals surface area contributed by atoms with Gasteiger partial charge in [0.2, 0.25) is 0 Å². The molecule has 8 nitrogen and oxygen atoms in total. The van der Waals surface area contributed by atoms with Crippen LogP contribution in [0.25, 0.3) is 11.0 Å². The van der Waals surface area contributed by atoms with Crippen molar-refractivity contribution in [3.63, 3.8) is 0 Å². The van der Waals surface area contributed by atoms with E-state index in [4.69, 9.17) is 9.47 Å². The Kier molecular flexibility index (Phi) is 5.04. The van der Waals surface area contributed by atoms with E-state index in [1.165, 1.54) is 17.5 Å². The molecule has 1 aliphatic carbocycles. The highest BCUT2D eigenvalue weighted by atomic mass is 16.6. The minimum atomic E-state index is -1.23. The van der Waals surface area contributed by atoms with Crippen LogP contribution in [0.5, 0.6) is 0 Å². The Morgan fingerprint density at radius 2 is 2.00 bits per heavy atom. The van der Waals surface area contributed by atoms with Crippen molar-refractivity contribution in [2.24, 2.45) is 0 Å². The summed E-state index contributed by atoms with van der Waals surface area (Å²) in [5, 5.41) is 33.1. The van der Waals surface area contributed by atoms with Gasteiger partial charge in [-0.1, -0.05) is 18.2 Å². The van der Waals surface area contributed by atoms with Crippen molar-refractivity contribution in [2.45, 2.75) is 49.9 Å². The van der Waals surface area contributed by atoms with Crippen LogP contribution in [0.15, 0.2) is 36.8 Å². The van der Waals surface area contributed by atoms with Crippen LogP contribution in [0.2, 0.25) is 0 Å². The van der Waals surface area contributed by atoms with Gasteiger partial charge in [0.15, 0.2) is 6.23 Å². The number of aryl methyl sites for hydroxylation is 2. The van der Waals surface area contributed by atoms with E-state index in [2.05, 4.69) is 9.97 Å². The third-order valence-electron chi connectivity index (χ3n) is 6.23. The molecule has 5 rings (SSSR count). The number of rotatable bonds is 6. The van der Waals surface area contributed by atoms with Crippen molar-refractivity contribution in [1.29, 1.82) is 0 Å². The first-order valence-corrected chi connectivity index (χ1v) is 10.2. The Morgan fingerprint density at radius 3 is 2.73 bits per heavy atom. The fourth-order valence-corrected chi connectivity index (χ4v) is 4.39. The normalized spacial score (nSPS) is 26.5. The minimum Gasteiger partial charge on any atom is -0.387 e. The molecule has 1 aromatic carbocycles. The van der Waals surface area contributed by atoms with E-state index in [-0.39, 0.29) is 0 Å². The van der Waals surface area contributed by atoms with Gasteiger partial charge in [-0.15, -0.1) is 0 Å². The first-order chi connectivity index (χ1) is 14.6. The lowest BCUT2D eigenvalue weighted by atomic mass is 9.85. The zero-order valence-corrected chi connectivity index (χ0v) is 16.7. The summed E-state index contributed by atoms with van der Waals surface area (Å²) in [6.45, 7) is 0.535. The van der Waals surface area contributed by atoms with Gasteiger partial charge >= 0.3 is 0 Å². The zero-order chi connectivity index (χ0) is 20.8. The molecule has 1 aliphatic heterocycles. The van der Waals surface area contributed by atoms with Gasteiger partial charge in [0, 0.05) is 25.1 Å². The Balaban J connectivity index is 1.42. The van der Waals surface area contributed by atoms with Gasteiger partial charge in [0.25, 0.3) is 0 Å². The number of ether oxygens (including phenoxy) is 2. The maximum Gasteiger partial charge on any atom is 0.164 e. The summed E-state index contributed by atoms with van der Waals surface area (Å²) in [7, 11) is 1.64. The molecular formula is C22H25N3O5. The summed E-state index contributed by atoms with van der Waals surface area (Å²) in [4.78, 5) is 8.67. The van der Waals surface area contributed by atoms with Crippen molar-refractivity contribution >= 4 is 11.0 Å². The molecule has 30 heavy (non-hydrogen) atoms. The predicted octanol–water partition coefficient (Wildman–Crippen LogP) is 1.07. The Bertz CT molecular complexity index is 1070. The summed E-state index contributed by atoms with van der Waals surface area (Å²) < 4.78 is 12.8. The topological polar surface area (TPSA) is 110 Å². The number of aliphatic hydroxyl groups is 3. The first-order valence-electron chi connectivity index (χ1n) is 10.2. The molecule has 3 heterocycles. The molecule has 0 saturated carbocycles. The number of benzene rings is 1. The molecule has 1 saturated heterocycles. The van der Waals surface area contributed by atoms with Crippen LogP contribution >= 0.6 is 0 Å². The zero-order valence-electron chi connectivity index (χ0n) is 16.7. The van der Waals surface area contributed by atoms with E-state index in [1.54, 1.807) is 17.9 Å². The van der Waals surface area contributed by atoms with Crippen molar-refractivity contribution in [3.8, 4) is 0 Å². The lowest BCUT2D eigenvalue weighted by Crippen LogP contribution is -2.35. The monoisotopic (exact) mass is 411 g/mol. The summed E-state index contributed by atoms with van der Waals surface area (Å²) in [5.41, 5.74) is 4.63. The van der Waals surface area contributed by atoms with Crippen molar-refractivity contribution in [3.05, 3.63) is 59.2 Å². The molecule has 0 bridgehead atoms. The molecule has 158 valence electrons. The largest absolute Gasteiger partial charge is 0.387 e. The second-order valence-electron chi connectivity index (χ2n) is 7.97. The highest BCUT2D eigenvalue weighted by molar-refractivity contribution is 5.78. The fourth-order valence-electron chi connectivity index (χ4n) is 4.39. The van der Waals surface area contributed by atoms with Crippen LogP contribution < -0.4 is 0 Å². The van der Waals surface area contributed by atoms with E-state index in [0.717, 1.165) is 23.9 Å². The van der Waals surface area contributed by atoms with Crippen LogP contribution in [-0.4, -0.2) is 61.9 Å². The van der Waals surface area contributed by atoms with Gasteiger partial charge in [-0.3, -0.25) is 0 Å². The smallest absolute Gasteiger partial charge is 0.164 e. The van der Waals surface area contributed by atoms with Crippen LogP contribution in [0, 0.1) is 0 Å². The maximum atomic E-state index is 10.9. The number of fused-ring (bicyclic) bond motifs is 2. The first kappa shape index (κ1) is 19.6.